The molecular weight excluding hydrogens is 354 g/mol. The van der Waals surface area contributed by atoms with Gasteiger partial charge in [-0.25, -0.2) is 4.98 Å². The minimum atomic E-state index is -0.351. The summed E-state index contributed by atoms with van der Waals surface area (Å²) >= 11 is 0. The Kier molecular flexibility index (Phi) is 6.21. The van der Waals surface area contributed by atoms with Gasteiger partial charge in [0.15, 0.2) is 0 Å². The van der Waals surface area contributed by atoms with Gasteiger partial charge >= 0.3 is 0 Å². The highest BCUT2D eigenvalue weighted by Crippen LogP contribution is 2.17. The number of rotatable bonds is 8. The zero-order valence-corrected chi connectivity index (χ0v) is 16.3. The van der Waals surface area contributed by atoms with E-state index in [-0.39, 0.29) is 11.9 Å². The number of benzene rings is 1. The summed E-state index contributed by atoms with van der Waals surface area (Å²) in [5.41, 5.74) is 3.02. The Hall–Kier alpha value is -3.42. The standard InChI is InChI=1S/C20H25N7O/c1-14-5-7-17(8-6-14)25-18-13-15(2)24-20(26-18)22-11-10-21-19(28)16(3)27-12-4-9-23-27/h4-9,12-13,16H,10-11H2,1-3H3,(H,21,28)(H2,22,24,25,26). The zero-order valence-electron chi connectivity index (χ0n) is 16.3. The Morgan fingerprint density at radius 1 is 1.14 bits per heavy atom. The van der Waals surface area contributed by atoms with Crippen LogP contribution in [0.5, 0.6) is 0 Å². The number of aromatic nitrogens is 4. The van der Waals surface area contributed by atoms with Crippen molar-refractivity contribution in [3.8, 4) is 0 Å². The SMILES string of the molecule is Cc1ccc(Nc2cc(C)nc(NCCNC(=O)C(C)n3cccn3)n2)cc1. The number of anilines is 3. The van der Waals surface area contributed by atoms with E-state index >= 15 is 0 Å². The van der Waals surface area contributed by atoms with Crippen molar-refractivity contribution < 1.29 is 4.79 Å². The molecule has 2 aromatic heterocycles. The quantitative estimate of drug-likeness (QED) is 0.521. The molecule has 1 aromatic carbocycles. The molecule has 3 aromatic rings. The maximum absolute atomic E-state index is 12.1. The van der Waals surface area contributed by atoms with Gasteiger partial charge in [0, 0.05) is 42.9 Å². The molecule has 0 saturated heterocycles. The van der Waals surface area contributed by atoms with E-state index in [0.29, 0.717) is 19.0 Å². The van der Waals surface area contributed by atoms with Crippen LogP contribution in [0, 0.1) is 13.8 Å². The third kappa shape index (κ3) is 5.29. The number of hydrogen-bond acceptors (Lipinski definition) is 6. The Morgan fingerprint density at radius 2 is 1.93 bits per heavy atom. The average Bonchev–Trinajstić information content (AvgIpc) is 3.20. The first kappa shape index (κ1) is 19.3. The number of nitrogens with one attached hydrogen (secondary N) is 3. The second-order valence-electron chi connectivity index (χ2n) is 6.59. The lowest BCUT2D eigenvalue weighted by Gasteiger charge is -2.13. The number of carbonyl (C=O) groups is 1. The summed E-state index contributed by atoms with van der Waals surface area (Å²) in [7, 11) is 0. The Bertz CT molecular complexity index is 907. The molecule has 0 bridgehead atoms. The molecule has 3 rings (SSSR count). The van der Waals surface area contributed by atoms with Gasteiger partial charge in [-0.15, -0.1) is 0 Å². The van der Waals surface area contributed by atoms with Gasteiger partial charge in [0.2, 0.25) is 11.9 Å². The fraction of sp³-hybridized carbons (Fsp3) is 0.300. The molecule has 0 radical (unpaired) electrons. The highest BCUT2D eigenvalue weighted by Gasteiger charge is 2.13. The Labute approximate surface area is 164 Å². The average molecular weight is 379 g/mol. The summed E-state index contributed by atoms with van der Waals surface area (Å²) in [6.45, 7) is 6.76. The van der Waals surface area contributed by atoms with Gasteiger partial charge in [-0.3, -0.25) is 9.48 Å². The number of hydrogen-bond donors (Lipinski definition) is 3. The minimum absolute atomic E-state index is 0.0858. The smallest absolute Gasteiger partial charge is 0.244 e. The normalized spacial score (nSPS) is 11.7. The lowest BCUT2D eigenvalue weighted by atomic mass is 10.2. The van der Waals surface area contributed by atoms with Crippen LogP contribution in [-0.4, -0.2) is 38.7 Å². The molecule has 0 aliphatic heterocycles. The van der Waals surface area contributed by atoms with Crippen molar-refractivity contribution in [2.24, 2.45) is 0 Å². The molecule has 1 unspecified atom stereocenters. The number of carbonyl (C=O) groups excluding carboxylic acids is 1. The molecule has 0 aliphatic rings. The summed E-state index contributed by atoms with van der Waals surface area (Å²) in [6.07, 6.45) is 3.42. The van der Waals surface area contributed by atoms with Gasteiger partial charge in [0.1, 0.15) is 11.9 Å². The minimum Gasteiger partial charge on any atom is -0.352 e. The van der Waals surface area contributed by atoms with Crippen LogP contribution < -0.4 is 16.0 Å². The zero-order chi connectivity index (χ0) is 19.9. The van der Waals surface area contributed by atoms with Crippen LogP contribution in [0.15, 0.2) is 48.8 Å². The third-order valence-electron chi connectivity index (χ3n) is 4.19. The molecule has 8 heteroatoms. The van der Waals surface area contributed by atoms with Crippen molar-refractivity contribution in [2.45, 2.75) is 26.8 Å². The predicted molar refractivity (Wildman–Crippen MR) is 110 cm³/mol. The molecule has 146 valence electrons. The van der Waals surface area contributed by atoms with Gasteiger partial charge in [-0.2, -0.15) is 10.1 Å². The highest BCUT2D eigenvalue weighted by atomic mass is 16.2. The van der Waals surface area contributed by atoms with Crippen LogP contribution in [-0.2, 0) is 4.79 Å². The monoisotopic (exact) mass is 379 g/mol. The maximum atomic E-state index is 12.1. The first-order chi connectivity index (χ1) is 13.5. The first-order valence-corrected chi connectivity index (χ1v) is 9.21. The van der Waals surface area contributed by atoms with E-state index in [1.165, 1.54) is 5.56 Å². The van der Waals surface area contributed by atoms with Gasteiger partial charge < -0.3 is 16.0 Å². The molecule has 0 saturated carbocycles. The van der Waals surface area contributed by atoms with Crippen LogP contribution in [0.2, 0.25) is 0 Å². The van der Waals surface area contributed by atoms with E-state index in [1.807, 2.05) is 44.2 Å². The molecule has 0 aliphatic carbocycles. The number of amides is 1. The fourth-order valence-corrected chi connectivity index (χ4v) is 2.63. The molecular formula is C20H25N7O. The molecule has 1 amide bonds. The van der Waals surface area contributed by atoms with E-state index in [1.54, 1.807) is 23.1 Å². The van der Waals surface area contributed by atoms with E-state index in [9.17, 15) is 4.79 Å². The first-order valence-electron chi connectivity index (χ1n) is 9.21. The second kappa shape index (κ2) is 8.98. The van der Waals surface area contributed by atoms with E-state index in [4.69, 9.17) is 0 Å². The van der Waals surface area contributed by atoms with Gasteiger partial charge in [-0.05, 0) is 39.0 Å². The maximum Gasteiger partial charge on any atom is 0.244 e. The third-order valence-corrected chi connectivity index (χ3v) is 4.19. The van der Waals surface area contributed by atoms with Crippen molar-refractivity contribution in [2.75, 3.05) is 23.7 Å². The lowest BCUT2D eigenvalue weighted by Crippen LogP contribution is -2.34. The van der Waals surface area contributed by atoms with Crippen molar-refractivity contribution in [1.29, 1.82) is 0 Å². The van der Waals surface area contributed by atoms with Gasteiger partial charge in [-0.1, -0.05) is 17.7 Å². The largest absolute Gasteiger partial charge is 0.352 e. The molecule has 1 atom stereocenters. The van der Waals surface area contributed by atoms with Gasteiger partial charge in [0.25, 0.3) is 0 Å². The Morgan fingerprint density at radius 3 is 2.64 bits per heavy atom. The number of nitrogens with zero attached hydrogens (tertiary/aromatic N) is 4. The predicted octanol–water partition coefficient (Wildman–Crippen LogP) is 2.82. The summed E-state index contributed by atoms with van der Waals surface area (Å²) in [5.74, 6) is 1.15. The van der Waals surface area contributed by atoms with Gasteiger partial charge in [0.05, 0.1) is 0 Å². The highest BCUT2D eigenvalue weighted by molar-refractivity contribution is 5.79. The summed E-state index contributed by atoms with van der Waals surface area (Å²) in [4.78, 5) is 21.0. The summed E-state index contributed by atoms with van der Waals surface area (Å²) < 4.78 is 1.62. The van der Waals surface area contributed by atoms with Crippen LogP contribution in [0.25, 0.3) is 0 Å². The number of aryl methyl sites for hydroxylation is 2. The van der Waals surface area contributed by atoms with E-state index < -0.39 is 0 Å². The van der Waals surface area contributed by atoms with Crippen LogP contribution in [0.1, 0.15) is 24.2 Å². The fourth-order valence-electron chi connectivity index (χ4n) is 2.63. The summed E-state index contributed by atoms with van der Waals surface area (Å²) in [6, 6.07) is 11.4. The van der Waals surface area contributed by atoms with Crippen molar-refractivity contribution in [3.05, 3.63) is 60.0 Å². The molecule has 0 spiro atoms. The molecule has 8 nitrogen and oxygen atoms in total. The van der Waals surface area contributed by atoms with Crippen LogP contribution in [0.4, 0.5) is 17.5 Å². The molecule has 2 heterocycles. The van der Waals surface area contributed by atoms with E-state index in [2.05, 4.69) is 37.9 Å². The topological polar surface area (TPSA) is 96.8 Å². The van der Waals surface area contributed by atoms with Crippen molar-refractivity contribution in [3.63, 3.8) is 0 Å². The summed E-state index contributed by atoms with van der Waals surface area (Å²) in [5, 5.41) is 13.4. The molecule has 3 N–H and O–H groups in total. The van der Waals surface area contributed by atoms with Crippen LogP contribution in [0.3, 0.4) is 0 Å². The van der Waals surface area contributed by atoms with Crippen molar-refractivity contribution in [1.82, 2.24) is 25.1 Å². The molecule has 28 heavy (non-hydrogen) atoms. The van der Waals surface area contributed by atoms with Crippen LogP contribution >= 0.6 is 0 Å². The van der Waals surface area contributed by atoms with E-state index in [0.717, 1.165) is 17.2 Å². The Balaban J connectivity index is 1.51. The lowest BCUT2D eigenvalue weighted by molar-refractivity contribution is -0.124. The van der Waals surface area contributed by atoms with Crippen molar-refractivity contribution >= 4 is 23.4 Å². The molecule has 0 fully saturated rings. The second-order valence-corrected chi connectivity index (χ2v) is 6.59.